The van der Waals surface area contributed by atoms with Gasteiger partial charge in [0.05, 0.1) is 4.90 Å². The standard InChI is InChI=1S/C15H16N2O4S/c1-11(12-4-6-16-7-5-12)17-22(18,19)13-2-3-14-15(10-13)21-9-8-20-14/h2-7,10-11,17H,8-9H2,1H3/t11-/m0/s1. The lowest BCUT2D eigenvalue weighted by Gasteiger charge is -2.19. The summed E-state index contributed by atoms with van der Waals surface area (Å²) < 4.78 is 38.4. The van der Waals surface area contributed by atoms with Crippen LogP contribution >= 0.6 is 0 Å². The zero-order chi connectivity index (χ0) is 15.6. The lowest BCUT2D eigenvalue weighted by atomic mass is 10.1. The quantitative estimate of drug-likeness (QED) is 0.931. The van der Waals surface area contributed by atoms with Crippen LogP contribution in [-0.2, 0) is 10.0 Å². The van der Waals surface area contributed by atoms with Crippen LogP contribution < -0.4 is 14.2 Å². The van der Waals surface area contributed by atoms with Gasteiger partial charge in [0.15, 0.2) is 11.5 Å². The monoisotopic (exact) mass is 320 g/mol. The number of benzene rings is 1. The molecule has 7 heteroatoms. The molecule has 0 radical (unpaired) electrons. The zero-order valence-electron chi connectivity index (χ0n) is 12.0. The van der Waals surface area contributed by atoms with Crippen LogP contribution in [0.2, 0.25) is 0 Å². The van der Waals surface area contributed by atoms with Gasteiger partial charge in [0, 0.05) is 24.5 Å². The van der Waals surface area contributed by atoms with Crippen LogP contribution in [0, 0.1) is 0 Å². The normalized spacial score (nSPS) is 15.3. The van der Waals surface area contributed by atoms with E-state index in [9.17, 15) is 8.42 Å². The van der Waals surface area contributed by atoms with Gasteiger partial charge in [-0.05, 0) is 36.8 Å². The molecule has 2 aromatic rings. The van der Waals surface area contributed by atoms with Gasteiger partial charge in [0.2, 0.25) is 10.0 Å². The summed E-state index contributed by atoms with van der Waals surface area (Å²) in [5, 5.41) is 0. The van der Waals surface area contributed by atoms with E-state index < -0.39 is 10.0 Å². The molecule has 116 valence electrons. The Balaban J connectivity index is 1.84. The highest BCUT2D eigenvalue weighted by Crippen LogP contribution is 2.32. The molecule has 0 unspecified atom stereocenters. The molecular weight excluding hydrogens is 304 g/mol. The van der Waals surface area contributed by atoms with Gasteiger partial charge in [-0.1, -0.05) is 0 Å². The van der Waals surface area contributed by atoms with Crippen LogP contribution in [0.3, 0.4) is 0 Å². The second-order valence-electron chi connectivity index (χ2n) is 4.93. The molecule has 1 N–H and O–H groups in total. The molecule has 0 spiro atoms. The Hall–Kier alpha value is -2.12. The molecule has 1 aromatic carbocycles. The Labute approximate surface area is 129 Å². The van der Waals surface area contributed by atoms with E-state index in [1.54, 1.807) is 37.5 Å². The maximum atomic E-state index is 12.5. The van der Waals surface area contributed by atoms with Gasteiger partial charge < -0.3 is 9.47 Å². The Morgan fingerprint density at radius 3 is 2.50 bits per heavy atom. The Morgan fingerprint density at radius 1 is 1.09 bits per heavy atom. The summed E-state index contributed by atoms with van der Waals surface area (Å²) in [6, 6.07) is 7.79. The molecular formula is C15H16N2O4S. The third-order valence-corrected chi connectivity index (χ3v) is 4.90. The van der Waals surface area contributed by atoms with E-state index in [0.717, 1.165) is 5.56 Å². The number of hydrogen-bond donors (Lipinski definition) is 1. The molecule has 0 fully saturated rings. The number of rotatable bonds is 4. The van der Waals surface area contributed by atoms with Gasteiger partial charge >= 0.3 is 0 Å². The minimum atomic E-state index is -3.65. The maximum absolute atomic E-state index is 12.5. The van der Waals surface area contributed by atoms with Crippen molar-refractivity contribution >= 4 is 10.0 Å². The van der Waals surface area contributed by atoms with E-state index in [1.165, 1.54) is 12.1 Å². The number of nitrogens with zero attached hydrogens (tertiary/aromatic N) is 1. The summed E-state index contributed by atoms with van der Waals surface area (Å²) in [6.07, 6.45) is 3.26. The van der Waals surface area contributed by atoms with Gasteiger partial charge in [-0.15, -0.1) is 0 Å². The molecule has 3 rings (SSSR count). The molecule has 0 amide bonds. The summed E-state index contributed by atoms with van der Waals surface area (Å²) >= 11 is 0. The van der Waals surface area contributed by atoms with Gasteiger partial charge in [0.25, 0.3) is 0 Å². The van der Waals surface area contributed by atoms with E-state index >= 15 is 0 Å². The van der Waals surface area contributed by atoms with Crippen LogP contribution in [0.25, 0.3) is 0 Å². The third kappa shape index (κ3) is 3.05. The maximum Gasteiger partial charge on any atom is 0.241 e. The SMILES string of the molecule is C[C@H](NS(=O)(=O)c1ccc2c(c1)OCCO2)c1ccncc1. The van der Waals surface area contributed by atoms with Crippen molar-refractivity contribution in [2.24, 2.45) is 0 Å². The first-order valence-electron chi connectivity index (χ1n) is 6.88. The number of pyridine rings is 1. The predicted molar refractivity (Wildman–Crippen MR) is 80.4 cm³/mol. The van der Waals surface area contributed by atoms with Crippen molar-refractivity contribution < 1.29 is 17.9 Å². The molecule has 0 saturated carbocycles. The van der Waals surface area contributed by atoms with Crippen molar-refractivity contribution in [3.8, 4) is 11.5 Å². The summed E-state index contributed by atoms with van der Waals surface area (Å²) in [5.41, 5.74) is 0.844. The highest BCUT2D eigenvalue weighted by molar-refractivity contribution is 7.89. The molecule has 22 heavy (non-hydrogen) atoms. The number of aromatic nitrogens is 1. The lowest BCUT2D eigenvalue weighted by Crippen LogP contribution is -2.27. The van der Waals surface area contributed by atoms with Gasteiger partial charge in [0.1, 0.15) is 13.2 Å². The third-order valence-electron chi connectivity index (χ3n) is 3.36. The molecule has 0 bridgehead atoms. The van der Waals surface area contributed by atoms with E-state index in [1.807, 2.05) is 0 Å². The van der Waals surface area contributed by atoms with Crippen LogP contribution in [0.15, 0.2) is 47.6 Å². The number of sulfonamides is 1. The van der Waals surface area contributed by atoms with Crippen molar-refractivity contribution in [2.75, 3.05) is 13.2 Å². The minimum absolute atomic E-state index is 0.151. The second-order valence-corrected chi connectivity index (χ2v) is 6.64. The van der Waals surface area contributed by atoms with Crippen LogP contribution in [0.5, 0.6) is 11.5 Å². The first-order valence-corrected chi connectivity index (χ1v) is 8.36. The molecule has 1 aliphatic rings. The molecule has 0 aliphatic carbocycles. The average molecular weight is 320 g/mol. The summed E-state index contributed by atoms with van der Waals surface area (Å²) in [4.78, 5) is 4.07. The number of ether oxygens (including phenoxy) is 2. The summed E-state index contributed by atoms with van der Waals surface area (Å²) in [5.74, 6) is 1.01. The fourth-order valence-electron chi connectivity index (χ4n) is 2.21. The smallest absolute Gasteiger partial charge is 0.241 e. The van der Waals surface area contributed by atoms with Crippen molar-refractivity contribution in [1.29, 1.82) is 0 Å². The number of hydrogen-bond acceptors (Lipinski definition) is 5. The van der Waals surface area contributed by atoms with Crippen molar-refractivity contribution in [2.45, 2.75) is 17.9 Å². The Kier molecular flexibility index (Phi) is 4.00. The molecule has 1 aliphatic heterocycles. The second kappa shape index (κ2) is 5.94. The van der Waals surface area contributed by atoms with E-state index in [4.69, 9.17) is 9.47 Å². The summed E-state index contributed by atoms with van der Waals surface area (Å²) in [6.45, 7) is 2.67. The lowest BCUT2D eigenvalue weighted by molar-refractivity contribution is 0.171. The van der Waals surface area contributed by atoms with Crippen molar-refractivity contribution in [3.63, 3.8) is 0 Å². The van der Waals surface area contributed by atoms with Gasteiger partial charge in [-0.25, -0.2) is 13.1 Å². The fraction of sp³-hybridized carbons (Fsp3) is 0.267. The average Bonchev–Trinajstić information content (AvgIpc) is 2.55. The van der Waals surface area contributed by atoms with E-state index in [-0.39, 0.29) is 10.9 Å². The van der Waals surface area contributed by atoms with Crippen molar-refractivity contribution in [1.82, 2.24) is 9.71 Å². The van der Waals surface area contributed by atoms with Crippen LogP contribution in [0.4, 0.5) is 0 Å². The van der Waals surface area contributed by atoms with Gasteiger partial charge in [-0.2, -0.15) is 0 Å². The van der Waals surface area contributed by atoms with E-state index in [0.29, 0.717) is 24.7 Å². The Bertz CT molecular complexity index is 762. The Morgan fingerprint density at radius 2 is 1.77 bits per heavy atom. The molecule has 0 saturated heterocycles. The molecule has 1 atom stereocenters. The first-order chi connectivity index (χ1) is 10.6. The molecule has 2 heterocycles. The van der Waals surface area contributed by atoms with Crippen LogP contribution in [0.1, 0.15) is 18.5 Å². The highest BCUT2D eigenvalue weighted by Gasteiger charge is 2.21. The number of fused-ring (bicyclic) bond motifs is 1. The first kappa shape index (κ1) is 14.8. The summed E-state index contributed by atoms with van der Waals surface area (Å²) in [7, 11) is -3.65. The minimum Gasteiger partial charge on any atom is -0.486 e. The van der Waals surface area contributed by atoms with Crippen LogP contribution in [-0.4, -0.2) is 26.6 Å². The fourth-order valence-corrected chi connectivity index (χ4v) is 3.46. The topological polar surface area (TPSA) is 77.5 Å². The highest BCUT2D eigenvalue weighted by atomic mass is 32.2. The van der Waals surface area contributed by atoms with Crippen molar-refractivity contribution in [3.05, 3.63) is 48.3 Å². The number of nitrogens with one attached hydrogen (secondary N) is 1. The predicted octanol–water partition coefficient (Wildman–Crippen LogP) is 1.89. The zero-order valence-corrected chi connectivity index (χ0v) is 12.8. The molecule has 1 aromatic heterocycles. The van der Waals surface area contributed by atoms with Gasteiger partial charge in [-0.3, -0.25) is 4.98 Å². The molecule has 6 nitrogen and oxygen atoms in total. The van der Waals surface area contributed by atoms with E-state index in [2.05, 4.69) is 9.71 Å². The largest absolute Gasteiger partial charge is 0.486 e.